The lowest BCUT2D eigenvalue weighted by molar-refractivity contribution is 0.112. The number of hydrogen-bond acceptors (Lipinski definition) is 3. The molecule has 0 amide bonds. The zero-order valence-electron chi connectivity index (χ0n) is 12.4. The van der Waals surface area contributed by atoms with E-state index in [0.29, 0.717) is 0 Å². The molecular weight excluding hydrogens is 278 g/mol. The van der Waals surface area contributed by atoms with Gasteiger partial charge in [0, 0.05) is 28.6 Å². The zero-order chi connectivity index (χ0) is 15.3. The summed E-state index contributed by atoms with van der Waals surface area (Å²) in [5.74, 6) is 1.60. The van der Waals surface area contributed by atoms with Gasteiger partial charge in [-0.15, -0.1) is 0 Å². The summed E-state index contributed by atoms with van der Waals surface area (Å²) < 4.78 is 12.8. The molecule has 110 valence electrons. The van der Waals surface area contributed by atoms with Crippen LogP contribution >= 0.6 is 0 Å². The first-order valence-corrected chi connectivity index (χ1v) is 7.09. The van der Waals surface area contributed by atoms with E-state index in [1.165, 1.54) is 5.56 Å². The minimum atomic E-state index is 0.720. The van der Waals surface area contributed by atoms with E-state index in [1.54, 1.807) is 14.2 Å². The Balaban J connectivity index is 2.02. The molecule has 0 saturated heterocycles. The fourth-order valence-corrected chi connectivity index (χ4v) is 3.29. The molecule has 2 heterocycles. The fraction of sp³-hybridized carbons (Fsp3) is 0.167. The van der Waals surface area contributed by atoms with Crippen molar-refractivity contribution in [3.63, 3.8) is 0 Å². The van der Waals surface area contributed by atoms with E-state index < -0.39 is 0 Å². The van der Waals surface area contributed by atoms with Crippen molar-refractivity contribution in [1.82, 2.24) is 4.57 Å². The molecule has 2 aromatic carbocycles. The van der Waals surface area contributed by atoms with Crippen molar-refractivity contribution in [1.29, 1.82) is 0 Å². The molecule has 0 bridgehead atoms. The maximum absolute atomic E-state index is 11.7. The second-order valence-corrected chi connectivity index (χ2v) is 5.37. The average molecular weight is 293 g/mol. The molecular formula is C18H15NO3. The van der Waals surface area contributed by atoms with Crippen molar-refractivity contribution < 1.29 is 14.3 Å². The highest BCUT2D eigenvalue weighted by molar-refractivity contribution is 6.06. The predicted molar refractivity (Wildman–Crippen MR) is 85.0 cm³/mol. The van der Waals surface area contributed by atoms with Crippen molar-refractivity contribution >= 4 is 17.2 Å². The van der Waals surface area contributed by atoms with Gasteiger partial charge in [-0.25, -0.2) is 0 Å². The number of carbonyl (C=O) groups excluding carboxylic acids is 1. The molecule has 1 aromatic heterocycles. The predicted octanol–water partition coefficient (Wildman–Crippen LogP) is 3.50. The van der Waals surface area contributed by atoms with E-state index in [0.717, 1.165) is 52.1 Å². The van der Waals surface area contributed by atoms with Crippen LogP contribution in [0, 0.1) is 0 Å². The molecule has 0 unspecified atom stereocenters. The third-order valence-electron chi connectivity index (χ3n) is 4.32. The number of fused-ring (bicyclic) bond motifs is 5. The molecule has 4 rings (SSSR count). The van der Waals surface area contributed by atoms with Gasteiger partial charge in [-0.3, -0.25) is 4.79 Å². The molecule has 3 aromatic rings. The summed E-state index contributed by atoms with van der Waals surface area (Å²) in [7, 11) is 3.29. The van der Waals surface area contributed by atoms with Crippen molar-refractivity contribution in [2.75, 3.05) is 14.2 Å². The van der Waals surface area contributed by atoms with Crippen LogP contribution in [-0.4, -0.2) is 25.1 Å². The van der Waals surface area contributed by atoms with Gasteiger partial charge in [0.05, 0.1) is 19.9 Å². The Morgan fingerprint density at radius 1 is 1.05 bits per heavy atom. The van der Waals surface area contributed by atoms with Crippen LogP contribution in [0.2, 0.25) is 0 Å². The lowest BCUT2D eigenvalue weighted by atomic mass is 10.0. The first kappa shape index (κ1) is 13.0. The largest absolute Gasteiger partial charge is 0.497 e. The summed E-state index contributed by atoms with van der Waals surface area (Å²) in [6.07, 6.45) is 0.937. The highest BCUT2D eigenvalue weighted by Crippen LogP contribution is 2.42. The first-order chi connectivity index (χ1) is 10.8. The fourth-order valence-electron chi connectivity index (χ4n) is 3.29. The van der Waals surface area contributed by atoms with Gasteiger partial charge < -0.3 is 14.0 Å². The Morgan fingerprint density at radius 2 is 1.77 bits per heavy atom. The van der Waals surface area contributed by atoms with Crippen molar-refractivity contribution in [3.8, 4) is 22.8 Å². The van der Waals surface area contributed by atoms with E-state index in [9.17, 15) is 4.79 Å². The summed E-state index contributed by atoms with van der Waals surface area (Å²) in [4.78, 5) is 11.7. The van der Waals surface area contributed by atoms with Crippen molar-refractivity contribution in [2.24, 2.45) is 0 Å². The van der Waals surface area contributed by atoms with E-state index >= 15 is 0 Å². The van der Waals surface area contributed by atoms with Gasteiger partial charge >= 0.3 is 0 Å². The lowest BCUT2D eigenvalue weighted by Crippen LogP contribution is -1.93. The summed E-state index contributed by atoms with van der Waals surface area (Å²) in [5.41, 5.74) is 5.02. The molecule has 4 nitrogen and oxygen atoms in total. The Bertz CT molecular complexity index is 908. The highest BCUT2D eigenvalue weighted by Gasteiger charge is 2.26. The van der Waals surface area contributed by atoms with Crippen LogP contribution in [0.4, 0.5) is 0 Å². The van der Waals surface area contributed by atoms with Gasteiger partial charge in [-0.2, -0.15) is 0 Å². The number of carbonyl (C=O) groups is 1. The second-order valence-electron chi connectivity index (χ2n) is 5.37. The summed E-state index contributed by atoms with van der Waals surface area (Å²) >= 11 is 0. The monoisotopic (exact) mass is 293 g/mol. The molecule has 0 N–H and O–H groups in total. The molecule has 22 heavy (non-hydrogen) atoms. The van der Waals surface area contributed by atoms with Gasteiger partial charge in [0.25, 0.3) is 0 Å². The third kappa shape index (κ3) is 1.61. The van der Waals surface area contributed by atoms with Crippen LogP contribution in [0.1, 0.15) is 15.9 Å². The minimum Gasteiger partial charge on any atom is -0.497 e. The third-order valence-corrected chi connectivity index (χ3v) is 4.32. The van der Waals surface area contributed by atoms with Crippen LogP contribution in [0.25, 0.3) is 22.2 Å². The van der Waals surface area contributed by atoms with Crippen LogP contribution in [0.15, 0.2) is 36.4 Å². The number of ether oxygens (including phenoxy) is 2. The maximum Gasteiger partial charge on any atom is 0.152 e. The number of methoxy groups -OCH3 is 2. The number of aldehydes is 1. The van der Waals surface area contributed by atoms with E-state index in [-0.39, 0.29) is 0 Å². The standard InChI is InChI=1S/C18H15NO3/c1-21-12-3-5-14-11(7-12)9-19-17-6-4-13(22-2)8-15(17)16(10-20)18(14)19/h3-8,10H,9H2,1-2H3. The zero-order valence-corrected chi connectivity index (χ0v) is 12.4. The van der Waals surface area contributed by atoms with Gasteiger partial charge in [-0.1, -0.05) is 0 Å². The minimum absolute atomic E-state index is 0.720. The Labute approximate surface area is 127 Å². The van der Waals surface area contributed by atoms with Gasteiger partial charge in [-0.05, 0) is 42.0 Å². The number of benzene rings is 2. The lowest BCUT2D eigenvalue weighted by Gasteiger charge is -2.05. The first-order valence-electron chi connectivity index (χ1n) is 7.09. The van der Waals surface area contributed by atoms with E-state index in [1.807, 2.05) is 36.4 Å². The molecule has 0 aliphatic carbocycles. The quantitative estimate of drug-likeness (QED) is 0.543. The smallest absolute Gasteiger partial charge is 0.152 e. The van der Waals surface area contributed by atoms with Gasteiger partial charge in [0.15, 0.2) is 6.29 Å². The number of hydrogen-bond donors (Lipinski definition) is 0. The number of rotatable bonds is 3. The molecule has 1 aliphatic rings. The van der Waals surface area contributed by atoms with Crippen molar-refractivity contribution in [3.05, 3.63) is 47.5 Å². The summed E-state index contributed by atoms with van der Waals surface area (Å²) in [6.45, 7) is 0.749. The van der Waals surface area contributed by atoms with Crippen LogP contribution < -0.4 is 9.47 Å². The molecule has 0 saturated carbocycles. The Hall–Kier alpha value is -2.75. The Kier molecular flexibility index (Phi) is 2.73. The molecule has 1 aliphatic heterocycles. The summed E-state index contributed by atoms with van der Waals surface area (Å²) in [5, 5.41) is 0.936. The number of nitrogens with zero attached hydrogens (tertiary/aromatic N) is 1. The van der Waals surface area contributed by atoms with Gasteiger partial charge in [0.2, 0.25) is 0 Å². The van der Waals surface area contributed by atoms with E-state index in [4.69, 9.17) is 9.47 Å². The maximum atomic E-state index is 11.7. The second kappa shape index (κ2) is 4.63. The Morgan fingerprint density at radius 3 is 2.50 bits per heavy atom. The molecule has 0 spiro atoms. The normalized spacial score (nSPS) is 12.1. The van der Waals surface area contributed by atoms with Crippen LogP contribution in [-0.2, 0) is 6.54 Å². The van der Waals surface area contributed by atoms with Crippen LogP contribution in [0.3, 0.4) is 0 Å². The van der Waals surface area contributed by atoms with Crippen molar-refractivity contribution in [2.45, 2.75) is 6.54 Å². The molecule has 4 heteroatoms. The topological polar surface area (TPSA) is 40.5 Å². The molecule has 0 fully saturated rings. The van der Waals surface area contributed by atoms with Gasteiger partial charge in [0.1, 0.15) is 11.5 Å². The molecule has 0 atom stereocenters. The SMILES string of the molecule is COc1ccc2c(c1)Cn1c-2c(C=O)c2cc(OC)ccc21. The van der Waals surface area contributed by atoms with Crippen LogP contribution in [0.5, 0.6) is 11.5 Å². The average Bonchev–Trinajstić information content (AvgIpc) is 3.07. The summed E-state index contributed by atoms with van der Waals surface area (Å²) in [6, 6.07) is 11.8. The molecule has 0 radical (unpaired) electrons. The highest BCUT2D eigenvalue weighted by atomic mass is 16.5. The van der Waals surface area contributed by atoms with E-state index in [2.05, 4.69) is 4.57 Å². The number of aromatic nitrogens is 1.